The second kappa shape index (κ2) is 6.77. The van der Waals surface area contributed by atoms with Gasteiger partial charge in [-0.3, -0.25) is 14.9 Å². The van der Waals surface area contributed by atoms with Gasteiger partial charge in [-0.2, -0.15) is 0 Å². The van der Waals surface area contributed by atoms with Crippen LogP contribution in [0.15, 0.2) is 54.6 Å². The number of nitro benzene ring substituents is 1. The molecular weight excluding hydrogens is 312 g/mol. The van der Waals surface area contributed by atoms with Crippen molar-refractivity contribution < 1.29 is 19.3 Å². The van der Waals surface area contributed by atoms with E-state index in [1.165, 1.54) is 17.2 Å². The Bertz CT molecular complexity index is 750. The summed E-state index contributed by atoms with van der Waals surface area (Å²) in [5.74, 6) is -0.277. The molecule has 0 bridgehead atoms. The third kappa shape index (κ3) is 3.42. The van der Waals surface area contributed by atoms with Crippen LogP contribution in [0, 0.1) is 10.1 Å². The van der Waals surface area contributed by atoms with Gasteiger partial charge in [0, 0.05) is 23.3 Å². The number of nitrogens with zero attached hydrogens (tertiary/aromatic N) is 2. The highest BCUT2D eigenvalue weighted by molar-refractivity contribution is 5.93. The number of carbonyl (C=O) groups is 1. The molecule has 1 aliphatic heterocycles. The zero-order valence-corrected chi connectivity index (χ0v) is 13.0. The van der Waals surface area contributed by atoms with E-state index in [4.69, 9.17) is 9.57 Å². The maximum atomic E-state index is 12.5. The Balaban J connectivity index is 1.82. The summed E-state index contributed by atoms with van der Waals surface area (Å²) in [6, 6.07) is 14.8. The number of hydroxylamine groups is 2. The third-order valence-corrected chi connectivity index (χ3v) is 3.60. The van der Waals surface area contributed by atoms with Crippen LogP contribution in [0.4, 0.5) is 5.69 Å². The lowest BCUT2D eigenvalue weighted by Gasteiger charge is -2.35. The first-order valence-corrected chi connectivity index (χ1v) is 7.48. The standard InChI is InChI=1S/C17H16N2O5/c1-12-11-18(16(20)13-6-3-2-4-7-13)24-17(23-12)14-8-5-9-15(10-14)19(21)22/h2-10,12,17H,11H2,1H3. The van der Waals surface area contributed by atoms with Crippen molar-refractivity contribution in [2.45, 2.75) is 19.3 Å². The van der Waals surface area contributed by atoms with Crippen LogP contribution in [0.2, 0.25) is 0 Å². The van der Waals surface area contributed by atoms with Crippen LogP contribution in [-0.4, -0.2) is 28.5 Å². The van der Waals surface area contributed by atoms with Crippen molar-refractivity contribution in [2.24, 2.45) is 0 Å². The lowest BCUT2D eigenvalue weighted by atomic mass is 10.2. The largest absolute Gasteiger partial charge is 0.342 e. The summed E-state index contributed by atoms with van der Waals surface area (Å²) in [6.07, 6.45) is -1.14. The van der Waals surface area contributed by atoms with E-state index in [0.717, 1.165) is 0 Å². The van der Waals surface area contributed by atoms with Gasteiger partial charge >= 0.3 is 0 Å². The lowest BCUT2D eigenvalue weighted by molar-refractivity contribution is -0.385. The van der Waals surface area contributed by atoms with Gasteiger partial charge in [0.1, 0.15) is 0 Å². The minimum atomic E-state index is -0.874. The summed E-state index contributed by atoms with van der Waals surface area (Å²) in [5.41, 5.74) is 0.935. The highest BCUT2D eigenvalue weighted by atomic mass is 16.8. The van der Waals surface area contributed by atoms with Crippen LogP contribution in [0.5, 0.6) is 0 Å². The second-order valence-electron chi connectivity index (χ2n) is 5.47. The number of hydrogen-bond acceptors (Lipinski definition) is 5. The van der Waals surface area contributed by atoms with Crippen molar-refractivity contribution in [1.82, 2.24) is 5.06 Å². The topological polar surface area (TPSA) is 81.9 Å². The molecule has 0 N–H and O–H groups in total. The molecule has 124 valence electrons. The third-order valence-electron chi connectivity index (χ3n) is 3.60. The zero-order valence-electron chi connectivity index (χ0n) is 13.0. The maximum absolute atomic E-state index is 12.5. The fourth-order valence-electron chi connectivity index (χ4n) is 2.45. The van der Waals surface area contributed by atoms with E-state index in [9.17, 15) is 14.9 Å². The van der Waals surface area contributed by atoms with E-state index < -0.39 is 11.2 Å². The SMILES string of the molecule is CC1CN(C(=O)c2ccccc2)OC(c2cccc([N+](=O)[O-])c2)O1. The second-order valence-corrected chi connectivity index (χ2v) is 5.47. The Kier molecular flexibility index (Phi) is 4.54. The predicted octanol–water partition coefficient (Wildman–Crippen LogP) is 3.09. The molecule has 0 aromatic heterocycles. The lowest BCUT2D eigenvalue weighted by Crippen LogP contribution is -2.44. The molecule has 2 aromatic carbocycles. The van der Waals surface area contributed by atoms with Crippen LogP contribution < -0.4 is 0 Å². The van der Waals surface area contributed by atoms with E-state index >= 15 is 0 Å². The van der Waals surface area contributed by atoms with Crippen molar-refractivity contribution in [1.29, 1.82) is 0 Å². The molecule has 2 unspecified atom stereocenters. The number of non-ortho nitro benzene ring substituents is 1. The van der Waals surface area contributed by atoms with Crippen LogP contribution in [0.25, 0.3) is 0 Å². The summed E-state index contributed by atoms with van der Waals surface area (Å²) >= 11 is 0. The fraction of sp³-hybridized carbons (Fsp3) is 0.235. The van der Waals surface area contributed by atoms with Gasteiger partial charge in [0.15, 0.2) is 0 Å². The first-order chi connectivity index (χ1) is 11.5. The van der Waals surface area contributed by atoms with Crippen molar-refractivity contribution in [3.05, 3.63) is 75.8 Å². The molecule has 1 fully saturated rings. The Morgan fingerprint density at radius 1 is 1.21 bits per heavy atom. The molecule has 7 heteroatoms. The number of hydrogen-bond donors (Lipinski definition) is 0. The van der Waals surface area contributed by atoms with Crippen LogP contribution in [0.1, 0.15) is 29.1 Å². The van der Waals surface area contributed by atoms with Gasteiger partial charge in [-0.25, -0.2) is 9.90 Å². The first kappa shape index (κ1) is 16.1. The minimum Gasteiger partial charge on any atom is -0.342 e. The average Bonchev–Trinajstić information content (AvgIpc) is 2.61. The molecule has 1 saturated heterocycles. The van der Waals surface area contributed by atoms with Gasteiger partial charge in [0.2, 0.25) is 6.29 Å². The molecule has 0 radical (unpaired) electrons. The van der Waals surface area contributed by atoms with Crippen molar-refractivity contribution >= 4 is 11.6 Å². The minimum absolute atomic E-state index is 0.0566. The Labute approximate surface area is 138 Å². The number of benzene rings is 2. The summed E-state index contributed by atoms with van der Waals surface area (Å²) in [4.78, 5) is 28.6. The van der Waals surface area contributed by atoms with Crippen LogP contribution in [0.3, 0.4) is 0 Å². The van der Waals surface area contributed by atoms with Crippen LogP contribution in [-0.2, 0) is 9.57 Å². The van der Waals surface area contributed by atoms with Crippen LogP contribution >= 0.6 is 0 Å². The van der Waals surface area contributed by atoms with Gasteiger partial charge in [-0.1, -0.05) is 30.3 Å². The van der Waals surface area contributed by atoms with Gasteiger partial charge in [-0.05, 0) is 19.1 Å². The molecular formula is C17H16N2O5. The van der Waals surface area contributed by atoms with Gasteiger partial charge < -0.3 is 4.74 Å². The Morgan fingerprint density at radius 3 is 2.67 bits per heavy atom. The fourth-order valence-corrected chi connectivity index (χ4v) is 2.45. The molecule has 1 heterocycles. The average molecular weight is 328 g/mol. The molecule has 1 amide bonds. The maximum Gasteiger partial charge on any atom is 0.277 e. The molecule has 0 aliphatic carbocycles. The van der Waals surface area contributed by atoms with Gasteiger partial charge in [0.25, 0.3) is 11.6 Å². The van der Waals surface area contributed by atoms with Gasteiger partial charge in [-0.15, -0.1) is 0 Å². The van der Waals surface area contributed by atoms with Crippen molar-refractivity contribution in [3.8, 4) is 0 Å². The Morgan fingerprint density at radius 2 is 1.96 bits per heavy atom. The Hall–Kier alpha value is -2.77. The monoisotopic (exact) mass is 328 g/mol. The summed E-state index contributed by atoms with van der Waals surface area (Å²) in [6.45, 7) is 2.09. The first-order valence-electron chi connectivity index (χ1n) is 7.48. The number of ether oxygens (including phenoxy) is 1. The van der Waals surface area contributed by atoms with Gasteiger partial charge in [0.05, 0.1) is 17.6 Å². The molecule has 3 rings (SSSR count). The highest BCUT2D eigenvalue weighted by Crippen LogP contribution is 2.29. The van der Waals surface area contributed by atoms with Crippen molar-refractivity contribution in [3.63, 3.8) is 0 Å². The molecule has 2 aromatic rings. The smallest absolute Gasteiger partial charge is 0.277 e. The number of rotatable bonds is 3. The highest BCUT2D eigenvalue weighted by Gasteiger charge is 2.31. The number of nitro groups is 1. The molecule has 2 atom stereocenters. The van der Waals surface area contributed by atoms with E-state index in [1.807, 2.05) is 13.0 Å². The molecule has 1 aliphatic rings. The zero-order chi connectivity index (χ0) is 17.1. The molecule has 0 saturated carbocycles. The van der Waals surface area contributed by atoms with E-state index in [-0.39, 0.29) is 24.2 Å². The molecule has 7 nitrogen and oxygen atoms in total. The molecule has 0 spiro atoms. The summed E-state index contributed by atoms with van der Waals surface area (Å²) in [7, 11) is 0. The van der Waals surface area contributed by atoms with E-state index in [0.29, 0.717) is 11.1 Å². The quantitative estimate of drug-likeness (QED) is 0.639. The van der Waals surface area contributed by atoms with E-state index in [1.54, 1.807) is 36.4 Å². The van der Waals surface area contributed by atoms with E-state index in [2.05, 4.69) is 0 Å². The predicted molar refractivity (Wildman–Crippen MR) is 84.9 cm³/mol. The normalized spacial score (nSPS) is 20.6. The summed E-state index contributed by atoms with van der Waals surface area (Å²) < 4.78 is 5.68. The molecule has 24 heavy (non-hydrogen) atoms. The van der Waals surface area contributed by atoms with Crippen molar-refractivity contribution in [2.75, 3.05) is 6.54 Å². The number of amides is 1. The number of carbonyl (C=O) groups excluding carboxylic acids is 1. The summed E-state index contributed by atoms with van der Waals surface area (Å²) in [5, 5.41) is 12.2.